The Kier molecular flexibility index (Phi) is 1.99. The van der Waals surface area contributed by atoms with E-state index in [0.717, 1.165) is 18.2 Å². The molecule has 0 saturated carbocycles. The molecule has 1 heterocycles. The van der Waals surface area contributed by atoms with Gasteiger partial charge in [-0.1, -0.05) is 0 Å². The van der Waals surface area contributed by atoms with Gasteiger partial charge in [0.05, 0.1) is 0 Å². The summed E-state index contributed by atoms with van der Waals surface area (Å²) < 4.78 is 25.5. The maximum atomic E-state index is 12.8. The van der Waals surface area contributed by atoms with E-state index in [0.29, 0.717) is 0 Å². The van der Waals surface area contributed by atoms with Crippen molar-refractivity contribution in [2.75, 3.05) is 6.54 Å². The van der Waals surface area contributed by atoms with Gasteiger partial charge in [-0.15, -0.1) is 0 Å². The highest BCUT2D eigenvalue weighted by atomic mass is 19.1. The van der Waals surface area contributed by atoms with Gasteiger partial charge in [-0.25, -0.2) is 8.78 Å². The quantitative estimate of drug-likeness (QED) is 0.710. The molecule has 3 nitrogen and oxygen atoms in total. The predicted molar refractivity (Wildman–Crippen MR) is 45.9 cm³/mol. The summed E-state index contributed by atoms with van der Waals surface area (Å²) in [5.41, 5.74) is 0.244. The SMILES string of the molecule is O=C1CN=C(c2cc(F)cc(F)c2)N1. The van der Waals surface area contributed by atoms with E-state index in [1.807, 2.05) is 0 Å². The molecule has 1 N–H and O–H groups in total. The van der Waals surface area contributed by atoms with Crippen molar-refractivity contribution >= 4 is 11.7 Å². The topological polar surface area (TPSA) is 41.5 Å². The lowest BCUT2D eigenvalue weighted by Crippen LogP contribution is -2.25. The lowest BCUT2D eigenvalue weighted by Gasteiger charge is -2.01. The minimum absolute atomic E-state index is 0.00741. The molecule has 2 rings (SSSR count). The molecule has 0 aromatic heterocycles. The Bertz CT molecular complexity index is 409. The number of hydrogen-bond donors (Lipinski definition) is 1. The van der Waals surface area contributed by atoms with Crippen LogP contribution in [-0.4, -0.2) is 18.3 Å². The van der Waals surface area contributed by atoms with Gasteiger partial charge in [0.15, 0.2) is 0 Å². The van der Waals surface area contributed by atoms with Crippen molar-refractivity contribution in [2.45, 2.75) is 0 Å². The van der Waals surface area contributed by atoms with Crippen LogP contribution in [0.4, 0.5) is 8.78 Å². The van der Waals surface area contributed by atoms with E-state index in [1.54, 1.807) is 0 Å². The van der Waals surface area contributed by atoms with Crippen LogP contribution >= 0.6 is 0 Å². The fourth-order valence-electron chi connectivity index (χ4n) is 1.22. The van der Waals surface area contributed by atoms with Crippen LogP contribution in [0.25, 0.3) is 0 Å². The van der Waals surface area contributed by atoms with Gasteiger partial charge >= 0.3 is 0 Å². The largest absolute Gasteiger partial charge is 0.309 e. The number of amidine groups is 1. The monoisotopic (exact) mass is 196 g/mol. The van der Waals surface area contributed by atoms with Crippen LogP contribution in [0.1, 0.15) is 5.56 Å². The van der Waals surface area contributed by atoms with Gasteiger partial charge in [0.25, 0.3) is 0 Å². The summed E-state index contributed by atoms with van der Waals surface area (Å²) in [5, 5.41) is 2.40. The summed E-state index contributed by atoms with van der Waals surface area (Å²) in [5.74, 6) is -1.44. The zero-order chi connectivity index (χ0) is 10.1. The van der Waals surface area contributed by atoms with Crippen molar-refractivity contribution < 1.29 is 13.6 Å². The molecule has 0 radical (unpaired) electrons. The first-order valence-corrected chi connectivity index (χ1v) is 3.96. The Balaban J connectivity index is 2.37. The maximum Gasteiger partial charge on any atom is 0.247 e. The van der Waals surface area contributed by atoms with Crippen molar-refractivity contribution in [1.82, 2.24) is 5.32 Å². The van der Waals surface area contributed by atoms with Crippen LogP contribution in [0.3, 0.4) is 0 Å². The van der Waals surface area contributed by atoms with Crippen molar-refractivity contribution in [3.8, 4) is 0 Å². The fraction of sp³-hybridized carbons (Fsp3) is 0.111. The van der Waals surface area contributed by atoms with Crippen molar-refractivity contribution in [3.63, 3.8) is 0 Å². The molecule has 0 spiro atoms. The van der Waals surface area contributed by atoms with E-state index in [9.17, 15) is 13.6 Å². The highest BCUT2D eigenvalue weighted by Gasteiger charge is 2.15. The van der Waals surface area contributed by atoms with Gasteiger partial charge < -0.3 is 5.32 Å². The number of nitrogens with one attached hydrogen (secondary N) is 1. The normalized spacial score (nSPS) is 15.3. The number of rotatable bonds is 1. The standard InChI is InChI=1S/C9H6F2N2O/c10-6-1-5(2-7(11)3-6)9-12-4-8(14)13-9/h1-3H,4H2,(H,12,13,14). The number of carbonyl (C=O) groups excluding carboxylic acids is 1. The van der Waals surface area contributed by atoms with Crippen LogP contribution < -0.4 is 5.32 Å². The number of benzene rings is 1. The van der Waals surface area contributed by atoms with E-state index in [4.69, 9.17) is 0 Å². The van der Waals surface area contributed by atoms with Crippen molar-refractivity contribution in [1.29, 1.82) is 0 Å². The number of amides is 1. The minimum Gasteiger partial charge on any atom is -0.309 e. The average molecular weight is 196 g/mol. The molecule has 0 atom stereocenters. The molecule has 72 valence electrons. The summed E-state index contributed by atoms with van der Waals surface area (Å²) in [7, 11) is 0. The molecule has 0 aliphatic carbocycles. The third-order valence-electron chi connectivity index (χ3n) is 1.77. The molecule has 1 amide bonds. The minimum atomic E-state index is -0.691. The van der Waals surface area contributed by atoms with Crippen LogP contribution in [0.15, 0.2) is 23.2 Å². The number of nitrogens with zero attached hydrogens (tertiary/aromatic N) is 1. The molecule has 0 fully saturated rings. The van der Waals surface area contributed by atoms with E-state index in [1.165, 1.54) is 0 Å². The second kappa shape index (κ2) is 3.17. The molecule has 14 heavy (non-hydrogen) atoms. The molecule has 0 bridgehead atoms. The van der Waals surface area contributed by atoms with Gasteiger partial charge in [-0.05, 0) is 12.1 Å². The molecule has 1 aromatic rings. The Hall–Kier alpha value is -1.78. The summed E-state index contributed by atoms with van der Waals surface area (Å²) >= 11 is 0. The van der Waals surface area contributed by atoms with E-state index < -0.39 is 11.6 Å². The highest BCUT2D eigenvalue weighted by molar-refractivity contribution is 6.12. The summed E-state index contributed by atoms with van der Waals surface area (Å²) in [6, 6.07) is 3.00. The van der Waals surface area contributed by atoms with Crippen LogP contribution in [0.5, 0.6) is 0 Å². The predicted octanol–water partition coefficient (Wildman–Crippen LogP) is 0.841. The Morgan fingerprint density at radius 3 is 2.36 bits per heavy atom. The molecule has 0 saturated heterocycles. The zero-order valence-corrected chi connectivity index (χ0v) is 7.05. The Labute approximate surface area is 78.5 Å². The van der Waals surface area contributed by atoms with Gasteiger partial charge in [0.2, 0.25) is 5.91 Å². The third-order valence-corrected chi connectivity index (χ3v) is 1.77. The van der Waals surface area contributed by atoms with Crippen LogP contribution in [0.2, 0.25) is 0 Å². The first-order chi connectivity index (χ1) is 6.65. The van der Waals surface area contributed by atoms with Gasteiger partial charge in [0, 0.05) is 11.6 Å². The fourth-order valence-corrected chi connectivity index (χ4v) is 1.22. The maximum absolute atomic E-state index is 12.8. The van der Waals surface area contributed by atoms with Gasteiger partial charge in [-0.3, -0.25) is 9.79 Å². The number of carbonyl (C=O) groups is 1. The smallest absolute Gasteiger partial charge is 0.247 e. The highest BCUT2D eigenvalue weighted by Crippen LogP contribution is 2.09. The first kappa shape index (κ1) is 8.80. The van der Waals surface area contributed by atoms with Crippen LogP contribution in [-0.2, 0) is 4.79 Å². The molecular formula is C9H6F2N2O. The van der Waals surface area contributed by atoms with Crippen molar-refractivity contribution in [3.05, 3.63) is 35.4 Å². The van der Waals surface area contributed by atoms with E-state index >= 15 is 0 Å². The summed E-state index contributed by atoms with van der Waals surface area (Å²) in [6.07, 6.45) is 0. The number of hydrogen-bond acceptors (Lipinski definition) is 2. The Morgan fingerprint density at radius 1 is 1.21 bits per heavy atom. The lowest BCUT2D eigenvalue weighted by molar-refractivity contribution is -0.117. The van der Waals surface area contributed by atoms with E-state index in [2.05, 4.69) is 10.3 Å². The summed E-state index contributed by atoms with van der Waals surface area (Å²) in [4.78, 5) is 14.6. The zero-order valence-electron chi connectivity index (χ0n) is 7.05. The summed E-state index contributed by atoms with van der Waals surface area (Å²) in [6.45, 7) is 0.00741. The van der Waals surface area contributed by atoms with Crippen LogP contribution in [0, 0.1) is 11.6 Å². The molecule has 0 unspecified atom stereocenters. The number of aliphatic imine (C=N–C) groups is 1. The molecule has 1 aliphatic heterocycles. The van der Waals surface area contributed by atoms with E-state index in [-0.39, 0.29) is 23.9 Å². The van der Waals surface area contributed by atoms with Crippen molar-refractivity contribution in [2.24, 2.45) is 4.99 Å². The van der Waals surface area contributed by atoms with Gasteiger partial charge in [0.1, 0.15) is 24.0 Å². The molecule has 1 aliphatic rings. The second-order valence-corrected chi connectivity index (χ2v) is 2.87. The third kappa shape index (κ3) is 1.61. The molecular weight excluding hydrogens is 190 g/mol. The Morgan fingerprint density at radius 2 is 1.86 bits per heavy atom. The number of halogens is 2. The lowest BCUT2D eigenvalue weighted by atomic mass is 10.2. The average Bonchev–Trinajstić information content (AvgIpc) is 2.50. The molecule has 5 heteroatoms. The second-order valence-electron chi connectivity index (χ2n) is 2.87. The van der Waals surface area contributed by atoms with Gasteiger partial charge in [-0.2, -0.15) is 0 Å². The first-order valence-electron chi connectivity index (χ1n) is 3.96. The molecule has 1 aromatic carbocycles.